The van der Waals surface area contributed by atoms with Crippen LogP contribution in [0.4, 0.5) is 0 Å². The van der Waals surface area contributed by atoms with Crippen molar-refractivity contribution in [3.05, 3.63) is 57.3 Å². The number of hydrogen-bond donors (Lipinski definition) is 1. The zero-order valence-corrected chi connectivity index (χ0v) is 12.6. The maximum Gasteiger partial charge on any atom is 0.144 e. The highest BCUT2D eigenvalue weighted by molar-refractivity contribution is 9.10. The predicted octanol–water partition coefficient (Wildman–Crippen LogP) is 3.53. The number of aliphatic hydroxyl groups excluding tert-OH is 1. The van der Waals surface area contributed by atoms with E-state index in [1.807, 2.05) is 44.2 Å². The molecule has 0 aliphatic heterocycles. The van der Waals surface area contributed by atoms with Crippen molar-refractivity contribution in [1.29, 1.82) is 0 Å². The molecular weight excluding hydrogens is 306 g/mol. The Morgan fingerprint density at radius 3 is 2.53 bits per heavy atom. The molecule has 1 heterocycles. The lowest BCUT2D eigenvalue weighted by Crippen LogP contribution is -2.04. The molecule has 0 fully saturated rings. The quantitative estimate of drug-likeness (QED) is 0.876. The summed E-state index contributed by atoms with van der Waals surface area (Å²) >= 11 is 3.36. The summed E-state index contributed by atoms with van der Waals surface area (Å²) < 4.78 is 6.53. The third kappa shape index (κ3) is 3.14. The molecule has 0 unspecified atom stereocenters. The fraction of sp³-hybridized carbons (Fsp3) is 0.267. The number of hydrogen-bond acceptors (Lipinski definition) is 3. The minimum absolute atomic E-state index is 0.0542. The topological polar surface area (TPSA) is 42.4 Å². The first-order valence-corrected chi connectivity index (χ1v) is 6.86. The van der Waals surface area contributed by atoms with Gasteiger partial charge in [0.1, 0.15) is 17.0 Å². The van der Waals surface area contributed by atoms with Crippen molar-refractivity contribution in [2.75, 3.05) is 0 Å². The van der Waals surface area contributed by atoms with Crippen LogP contribution in [0.5, 0.6) is 5.75 Å². The van der Waals surface area contributed by atoms with Crippen molar-refractivity contribution in [1.82, 2.24) is 4.98 Å². The molecular formula is C15H16BrNO2. The normalized spacial score (nSPS) is 10.5. The van der Waals surface area contributed by atoms with E-state index in [4.69, 9.17) is 4.74 Å². The Labute approximate surface area is 121 Å². The van der Waals surface area contributed by atoms with Crippen LogP contribution in [0, 0.1) is 13.8 Å². The van der Waals surface area contributed by atoms with Gasteiger partial charge >= 0.3 is 0 Å². The number of aryl methyl sites for hydroxylation is 1. The smallest absolute Gasteiger partial charge is 0.144 e. The van der Waals surface area contributed by atoms with Gasteiger partial charge < -0.3 is 9.84 Å². The van der Waals surface area contributed by atoms with Gasteiger partial charge in [-0.05, 0) is 35.3 Å². The molecule has 0 bridgehead atoms. The van der Waals surface area contributed by atoms with E-state index >= 15 is 0 Å². The summed E-state index contributed by atoms with van der Waals surface area (Å²) in [7, 11) is 0. The van der Waals surface area contributed by atoms with Gasteiger partial charge in [-0.1, -0.05) is 30.3 Å². The van der Waals surface area contributed by atoms with E-state index < -0.39 is 0 Å². The minimum Gasteiger partial charge on any atom is -0.487 e. The lowest BCUT2D eigenvalue weighted by Gasteiger charge is -2.15. The Hall–Kier alpha value is -1.39. The van der Waals surface area contributed by atoms with Crippen LogP contribution >= 0.6 is 15.9 Å². The number of benzene rings is 1. The zero-order chi connectivity index (χ0) is 13.8. The average molecular weight is 322 g/mol. The van der Waals surface area contributed by atoms with Crippen molar-refractivity contribution in [2.45, 2.75) is 27.1 Å². The fourth-order valence-electron chi connectivity index (χ4n) is 1.95. The number of aromatic nitrogens is 1. The van der Waals surface area contributed by atoms with Gasteiger partial charge in [0.25, 0.3) is 0 Å². The number of aliphatic hydroxyl groups is 1. The lowest BCUT2D eigenvalue weighted by molar-refractivity contribution is 0.273. The van der Waals surface area contributed by atoms with E-state index in [-0.39, 0.29) is 6.61 Å². The molecule has 100 valence electrons. The minimum atomic E-state index is -0.0542. The SMILES string of the molecule is Cc1nc(Br)c(CO)c(C)c1OCc1ccccc1. The Bertz CT molecular complexity index is 570. The Balaban J connectivity index is 2.25. The Morgan fingerprint density at radius 1 is 1.21 bits per heavy atom. The molecule has 2 aromatic rings. The van der Waals surface area contributed by atoms with Crippen LogP contribution in [0.3, 0.4) is 0 Å². The summed E-state index contributed by atoms with van der Waals surface area (Å²) in [6.45, 7) is 4.28. The van der Waals surface area contributed by atoms with E-state index in [2.05, 4.69) is 20.9 Å². The number of halogens is 1. The molecule has 1 N–H and O–H groups in total. The van der Waals surface area contributed by atoms with Gasteiger partial charge in [-0.3, -0.25) is 0 Å². The highest BCUT2D eigenvalue weighted by Crippen LogP contribution is 2.30. The molecule has 0 radical (unpaired) electrons. The maximum absolute atomic E-state index is 9.37. The molecule has 3 nitrogen and oxygen atoms in total. The monoisotopic (exact) mass is 321 g/mol. The fourth-order valence-corrected chi connectivity index (χ4v) is 2.64. The summed E-state index contributed by atoms with van der Waals surface area (Å²) in [6, 6.07) is 9.98. The predicted molar refractivity (Wildman–Crippen MR) is 78.1 cm³/mol. The molecule has 0 spiro atoms. The van der Waals surface area contributed by atoms with Crippen LogP contribution in [0.25, 0.3) is 0 Å². The van der Waals surface area contributed by atoms with Crippen LogP contribution < -0.4 is 4.74 Å². The second-order valence-electron chi connectivity index (χ2n) is 4.35. The first-order chi connectivity index (χ1) is 9.13. The van der Waals surface area contributed by atoms with E-state index in [1.54, 1.807) is 0 Å². The van der Waals surface area contributed by atoms with Crippen LogP contribution in [0.2, 0.25) is 0 Å². The molecule has 0 saturated heterocycles. The van der Waals surface area contributed by atoms with Crippen LogP contribution in [-0.4, -0.2) is 10.1 Å². The molecule has 4 heteroatoms. The Morgan fingerprint density at radius 2 is 1.89 bits per heavy atom. The largest absolute Gasteiger partial charge is 0.487 e. The number of nitrogens with zero attached hydrogens (tertiary/aromatic N) is 1. The third-order valence-electron chi connectivity index (χ3n) is 3.02. The number of ether oxygens (including phenoxy) is 1. The summed E-state index contributed by atoms with van der Waals surface area (Å²) in [5.41, 5.74) is 3.62. The highest BCUT2D eigenvalue weighted by Gasteiger charge is 2.14. The first kappa shape index (κ1) is 14.0. The lowest BCUT2D eigenvalue weighted by atomic mass is 10.1. The van der Waals surface area contributed by atoms with Gasteiger partial charge in [0.15, 0.2) is 0 Å². The van der Waals surface area contributed by atoms with Crippen molar-refractivity contribution in [2.24, 2.45) is 0 Å². The molecule has 2 rings (SSSR count). The van der Waals surface area contributed by atoms with Crippen molar-refractivity contribution < 1.29 is 9.84 Å². The molecule has 0 saturated carbocycles. The second-order valence-corrected chi connectivity index (χ2v) is 5.10. The van der Waals surface area contributed by atoms with Crippen LogP contribution in [0.1, 0.15) is 22.4 Å². The van der Waals surface area contributed by atoms with Gasteiger partial charge in [-0.25, -0.2) is 4.98 Å². The van der Waals surface area contributed by atoms with Crippen molar-refractivity contribution >= 4 is 15.9 Å². The summed E-state index contributed by atoms with van der Waals surface area (Å²) in [6.07, 6.45) is 0. The van der Waals surface area contributed by atoms with Gasteiger partial charge in [0.05, 0.1) is 12.3 Å². The van der Waals surface area contributed by atoms with Crippen molar-refractivity contribution in [3.8, 4) is 5.75 Å². The first-order valence-electron chi connectivity index (χ1n) is 6.06. The van der Waals surface area contributed by atoms with E-state index in [0.717, 1.165) is 28.1 Å². The van der Waals surface area contributed by atoms with E-state index in [9.17, 15) is 5.11 Å². The molecule has 19 heavy (non-hydrogen) atoms. The van der Waals surface area contributed by atoms with Crippen molar-refractivity contribution in [3.63, 3.8) is 0 Å². The van der Waals surface area contributed by atoms with Gasteiger partial charge in [0.2, 0.25) is 0 Å². The summed E-state index contributed by atoms with van der Waals surface area (Å²) in [5, 5.41) is 9.37. The summed E-state index contributed by atoms with van der Waals surface area (Å²) in [5.74, 6) is 0.746. The Kier molecular flexibility index (Phi) is 4.56. The highest BCUT2D eigenvalue weighted by atomic mass is 79.9. The molecule has 1 aromatic carbocycles. The van der Waals surface area contributed by atoms with Gasteiger partial charge in [-0.2, -0.15) is 0 Å². The molecule has 0 atom stereocenters. The van der Waals surface area contributed by atoms with Crippen LogP contribution in [0.15, 0.2) is 34.9 Å². The van der Waals surface area contributed by atoms with Crippen LogP contribution in [-0.2, 0) is 13.2 Å². The standard InChI is InChI=1S/C15H16BrNO2/c1-10-13(8-18)15(16)17-11(2)14(10)19-9-12-6-4-3-5-7-12/h3-7,18H,8-9H2,1-2H3. The van der Waals surface area contributed by atoms with Gasteiger partial charge in [0, 0.05) is 11.1 Å². The third-order valence-corrected chi connectivity index (χ3v) is 3.68. The number of pyridine rings is 1. The van der Waals surface area contributed by atoms with E-state index in [0.29, 0.717) is 11.2 Å². The molecule has 0 aliphatic carbocycles. The molecule has 0 aliphatic rings. The zero-order valence-electron chi connectivity index (χ0n) is 11.0. The number of rotatable bonds is 4. The van der Waals surface area contributed by atoms with E-state index in [1.165, 1.54) is 0 Å². The molecule has 0 amide bonds. The maximum atomic E-state index is 9.37. The molecule has 1 aromatic heterocycles. The average Bonchev–Trinajstić information content (AvgIpc) is 2.39. The summed E-state index contributed by atoms with van der Waals surface area (Å²) in [4.78, 5) is 4.35. The second kappa shape index (κ2) is 6.17. The van der Waals surface area contributed by atoms with Gasteiger partial charge in [-0.15, -0.1) is 0 Å².